The number of hydrogen-bond acceptors (Lipinski definition) is 3. The lowest BCUT2D eigenvalue weighted by molar-refractivity contribution is 0.596. The molecule has 0 atom stereocenters. The molecule has 0 saturated heterocycles. The molecule has 0 N–H and O–H groups in total. The van der Waals surface area contributed by atoms with Crippen LogP contribution in [0, 0.1) is 0 Å². The van der Waals surface area contributed by atoms with Crippen LogP contribution in [-0.4, -0.2) is 8.42 Å². The SMILES string of the molecule is O=S(=O)(c1ccccc1)c1ccc(-c2ccccc2-c2ccc(N(c3ccccc3)c3ccccc3)cc2)cc1. The highest BCUT2D eigenvalue weighted by Gasteiger charge is 2.18. The van der Waals surface area contributed by atoms with Crippen LogP contribution in [0.2, 0.25) is 0 Å². The molecule has 194 valence electrons. The van der Waals surface area contributed by atoms with Gasteiger partial charge in [-0.25, -0.2) is 8.42 Å². The van der Waals surface area contributed by atoms with Crippen molar-refractivity contribution in [2.45, 2.75) is 9.79 Å². The topological polar surface area (TPSA) is 37.4 Å². The first-order chi connectivity index (χ1) is 19.6. The molecule has 0 spiro atoms. The van der Waals surface area contributed by atoms with Crippen molar-refractivity contribution < 1.29 is 8.42 Å². The van der Waals surface area contributed by atoms with E-state index in [1.807, 2.05) is 66.7 Å². The van der Waals surface area contributed by atoms with Crippen molar-refractivity contribution in [3.8, 4) is 22.3 Å². The molecule has 0 fully saturated rings. The van der Waals surface area contributed by atoms with Gasteiger partial charge in [0.2, 0.25) is 9.84 Å². The normalized spacial score (nSPS) is 11.2. The van der Waals surface area contributed by atoms with Crippen molar-refractivity contribution in [3.63, 3.8) is 0 Å². The van der Waals surface area contributed by atoms with Gasteiger partial charge in [0.15, 0.2) is 0 Å². The second-order valence-corrected chi connectivity index (χ2v) is 11.4. The quantitative estimate of drug-likeness (QED) is 0.204. The maximum absolute atomic E-state index is 13.1. The third-order valence-electron chi connectivity index (χ3n) is 6.92. The standard InChI is InChI=1S/C36H27NO2S/c38-40(39,33-16-8-3-9-17-33)34-26-22-29(23-27-34)36-19-11-10-18-35(36)28-20-24-32(25-21-28)37(30-12-4-1-5-13-30)31-14-6-2-7-15-31/h1-27H. The van der Waals surface area contributed by atoms with Gasteiger partial charge in [0.05, 0.1) is 9.79 Å². The van der Waals surface area contributed by atoms with E-state index in [9.17, 15) is 8.42 Å². The highest BCUT2D eigenvalue weighted by molar-refractivity contribution is 7.91. The monoisotopic (exact) mass is 537 g/mol. The van der Waals surface area contributed by atoms with Crippen molar-refractivity contribution in [2.24, 2.45) is 0 Å². The van der Waals surface area contributed by atoms with Gasteiger partial charge in [-0.05, 0) is 82.9 Å². The van der Waals surface area contributed by atoms with Crippen molar-refractivity contribution in [1.29, 1.82) is 0 Å². The Kier molecular flexibility index (Phi) is 7.00. The Morgan fingerprint density at radius 1 is 0.350 bits per heavy atom. The molecule has 3 nitrogen and oxygen atoms in total. The van der Waals surface area contributed by atoms with Crippen LogP contribution in [0.1, 0.15) is 0 Å². The van der Waals surface area contributed by atoms with E-state index in [1.54, 1.807) is 36.4 Å². The maximum atomic E-state index is 13.1. The average molecular weight is 538 g/mol. The van der Waals surface area contributed by atoms with Crippen LogP contribution in [0.5, 0.6) is 0 Å². The summed E-state index contributed by atoms with van der Waals surface area (Å²) in [5.74, 6) is 0. The number of anilines is 3. The van der Waals surface area contributed by atoms with Gasteiger partial charge in [0, 0.05) is 17.1 Å². The molecule has 0 heterocycles. The number of nitrogens with zero attached hydrogens (tertiary/aromatic N) is 1. The van der Waals surface area contributed by atoms with Gasteiger partial charge >= 0.3 is 0 Å². The second kappa shape index (κ2) is 11.0. The lowest BCUT2D eigenvalue weighted by Gasteiger charge is -2.25. The van der Waals surface area contributed by atoms with E-state index in [0.717, 1.165) is 39.3 Å². The van der Waals surface area contributed by atoms with Crippen LogP contribution in [0.15, 0.2) is 174 Å². The molecule has 6 aromatic rings. The van der Waals surface area contributed by atoms with Crippen LogP contribution in [-0.2, 0) is 9.84 Å². The highest BCUT2D eigenvalue weighted by Crippen LogP contribution is 2.37. The molecule has 0 aliphatic rings. The zero-order chi connectivity index (χ0) is 27.4. The first kappa shape index (κ1) is 25.4. The van der Waals surface area contributed by atoms with E-state index in [-0.39, 0.29) is 4.90 Å². The molecule has 0 saturated carbocycles. The molecule has 6 rings (SSSR count). The van der Waals surface area contributed by atoms with Gasteiger partial charge in [-0.1, -0.05) is 103 Å². The summed E-state index contributed by atoms with van der Waals surface area (Å²) < 4.78 is 26.1. The second-order valence-electron chi connectivity index (χ2n) is 9.44. The number of rotatable bonds is 7. The summed E-state index contributed by atoms with van der Waals surface area (Å²) in [4.78, 5) is 2.82. The molecular formula is C36H27NO2S. The minimum absolute atomic E-state index is 0.284. The fraction of sp³-hybridized carbons (Fsp3) is 0. The van der Waals surface area contributed by atoms with Crippen molar-refractivity contribution in [2.75, 3.05) is 4.90 Å². The van der Waals surface area contributed by atoms with Gasteiger partial charge in [0.25, 0.3) is 0 Å². The lowest BCUT2D eigenvalue weighted by Crippen LogP contribution is -2.09. The molecule has 0 bridgehead atoms. The Bertz CT molecular complexity index is 1780. The summed E-state index contributed by atoms with van der Waals surface area (Å²) in [6, 6.07) is 53.1. The third-order valence-corrected chi connectivity index (χ3v) is 8.71. The van der Waals surface area contributed by atoms with Gasteiger partial charge < -0.3 is 4.90 Å². The van der Waals surface area contributed by atoms with Gasteiger partial charge in [-0.15, -0.1) is 0 Å². The Morgan fingerprint density at radius 2 is 0.700 bits per heavy atom. The third kappa shape index (κ3) is 5.05. The van der Waals surface area contributed by atoms with Crippen LogP contribution in [0.4, 0.5) is 17.1 Å². The molecule has 40 heavy (non-hydrogen) atoms. The van der Waals surface area contributed by atoms with Crippen molar-refractivity contribution in [3.05, 3.63) is 164 Å². The Balaban J connectivity index is 1.34. The van der Waals surface area contributed by atoms with Crippen LogP contribution in [0.25, 0.3) is 22.3 Å². The summed E-state index contributed by atoms with van der Waals surface area (Å²) in [5.41, 5.74) is 7.41. The average Bonchev–Trinajstić information content (AvgIpc) is 3.03. The molecule has 6 aromatic carbocycles. The Labute approximate surface area is 235 Å². The molecule has 0 aliphatic carbocycles. The smallest absolute Gasteiger partial charge is 0.206 e. The Morgan fingerprint density at radius 3 is 1.18 bits per heavy atom. The summed E-state index contributed by atoms with van der Waals surface area (Å²) in [6.07, 6.45) is 0. The molecule has 0 aliphatic heterocycles. The fourth-order valence-corrected chi connectivity index (χ4v) is 6.21. The largest absolute Gasteiger partial charge is 0.311 e. The number of benzene rings is 6. The zero-order valence-corrected chi connectivity index (χ0v) is 22.6. The summed E-state index contributed by atoms with van der Waals surface area (Å²) in [7, 11) is -3.56. The minimum Gasteiger partial charge on any atom is -0.311 e. The van der Waals surface area contributed by atoms with E-state index >= 15 is 0 Å². The maximum Gasteiger partial charge on any atom is 0.206 e. The number of sulfone groups is 1. The van der Waals surface area contributed by atoms with E-state index < -0.39 is 9.84 Å². The van der Waals surface area contributed by atoms with Gasteiger partial charge in [-0.2, -0.15) is 0 Å². The van der Waals surface area contributed by atoms with E-state index in [2.05, 4.69) is 65.6 Å². The molecule has 0 unspecified atom stereocenters. The molecule has 0 radical (unpaired) electrons. The van der Waals surface area contributed by atoms with Crippen LogP contribution < -0.4 is 4.90 Å². The molecule has 0 amide bonds. The van der Waals surface area contributed by atoms with Crippen LogP contribution in [0.3, 0.4) is 0 Å². The molecule has 4 heteroatoms. The van der Waals surface area contributed by atoms with Gasteiger partial charge in [0.1, 0.15) is 0 Å². The highest BCUT2D eigenvalue weighted by atomic mass is 32.2. The fourth-order valence-electron chi connectivity index (χ4n) is 4.93. The molecule has 0 aromatic heterocycles. The van der Waals surface area contributed by atoms with E-state index in [4.69, 9.17) is 0 Å². The number of para-hydroxylation sites is 2. The predicted octanol–water partition coefficient (Wildman–Crippen LogP) is 9.32. The minimum atomic E-state index is -3.56. The Hall–Kier alpha value is -4.93. The van der Waals surface area contributed by atoms with Crippen molar-refractivity contribution >= 4 is 26.9 Å². The summed E-state index contributed by atoms with van der Waals surface area (Å²) in [6.45, 7) is 0. The van der Waals surface area contributed by atoms with Crippen LogP contribution >= 0.6 is 0 Å². The zero-order valence-electron chi connectivity index (χ0n) is 21.8. The molecular weight excluding hydrogens is 510 g/mol. The van der Waals surface area contributed by atoms with E-state index in [0.29, 0.717) is 4.90 Å². The van der Waals surface area contributed by atoms with Gasteiger partial charge in [-0.3, -0.25) is 0 Å². The lowest BCUT2D eigenvalue weighted by atomic mass is 9.94. The number of hydrogen-bond donors (Lipinski definition) is 0. The summed E-state index contributed by atoms with van der Waals surface area (Å²) in [5, 5.41) is 0. The first-order valence-electron chi connectivity index (χ1n) is 13.1. The van der Waals surface area contributed by atoms with Crippen molar-refractivity contribution in [1.82, 2.24) is 0 Å². The predicted molar refractivity (Wildman–Crippen MR) is 164 cm³/mol. The summed E-state index contributed by atoms with van der Waals surface area (Å²) >= 11 is 0. The van der Waals surface area contributed by atoms with E-state index in [1.165, 1.54) is 0 Å². The first-order valence-corrected chi connectivity index (χ1v) is 14.6.